The molecular weight excluding hydrogens is 432 g/mol. The molecule has 0 radical (unpaired) electrons. The second kappa shape index (κ2) is 8.81. The Morgan fingerprint density at radius 3 is 2.36 bits per heavy atom. The van der Waals surface area contributed by atoms with Gasteiger partial charge in [-0.3, -0.25) is 9.59 Å². The average molecular weight is 471 g/mol. The fourth-order valence-corrected chi connectivity index (χ4v) is 7.31. The van der Waals surface area contributed by atoms with Crippen molar-refractivity contribution in [2.75, 3.05) is 31.5 Å². The number of nitrogens with one attached hydrogen (secondary N) is 2. The number of thiazole rings is 1. The number of rotatable bonds is 8. The maximum atomic E-state index is 13.5. The second-order valence-corrected chi connectivity index (χ2v) is 12.4. The quantitative estimate of drug-likeness (QED) is 0.441. The summed E-state index contributed by atoms with van der Waals surface area (Å²) in [7, 11) is 0. The number of hydrogen-bond acceptors (Lipinski definition) is 5. The monoisotopic (exact) mass is 470 g/mol. The molecule has 5 rings (SSSR count). The molecule has 1 aromatic heterocycles. The molecule has 180 valence electrons. The zero-order valence-corrected chi connectivity index (χ0v) is 21.0. The zero-order valence-electron chi connectivity index (χ0n) is 20.2. The van der Waals surface area contributed by atoms with Crippen LogP contribution in [0, 0.1) is 29.1 Å². The van der Waals surface area contributed by atoms with Crippen molar-refractivity contribution in [3.63, 3.8) is 0 Å². The summed E-state index contributed by atoms with van der Waals surface area (Å²) in [5, 5.41) is 8.92. The first kappa shape index (κ1) is 23.0. The van der Waals surface area contributed by atoms with Crippen LogP contribution in [0.1, 0.15) is 65.0 Å². The van der Waals surface area contributed by atoms with E-state index in [4.69, 9.17) is 0 Å². The summed E-state index contributed by atoms with van der Waals surface area (Å²) in [6, 6.07) is 0. The Morgan fingerprint density at radius 2 is 1.76 bits per heavy atom. The normalized spacial score (nSPS) is 29.7. The molecule has 7 heteroatoms. The summed E-state index contributed by atoms with van der Waals surface area (Å²) in [5.74, 6) is -0.159. The lowest BCUT2D eigenvalue weighted by Crippen LogP contribution is -2.42. The molecule has 33 heavy (non-hydrogen) atoms. The molecule has 1 aliphatic heterocycles. The van der Waals surface area contributed by atoms with E-state index in [1.807, 2.05) is 5.38 Å². The maximum absolute atomic E-state index is 13.5. The highest BCUT2D eigenvalue weighted by atomic mass is 32.1. The molecule has 6 nitrogen and oxygen atoms in total. The predicted molar refractivity (Wildman–Crippen MR) is 132 cm³/mol. The summed E-state index contributed by atoms with van der Waals surface area (Å²) in [6.07, 6.45) is 11.4. The number of allylic oxidation sites excluding steroid dienone is 2. The van der Waals surface area contributed by atoms with Gasteiger partial charge in [0, 0.05) is 17.3 Å². The van der Waals surface area contributed by atoms with Crippen LogP contribution in [-0.2, 0) is 15.0 Å². The maximum Gasteiger partial charge on any atom is 0.230 e. The van der Waals surface area contributed by atoms with Crippen LogP contribution in [0.25, 0.3) is 0 Å². The Kier molecular flexibility index (Phi) is 6.15. The first-order valence-electron chi connectivity index (χ1n) is 12.7. The van der Waals surface area contributed by atoms with Crippen LogP contribution in [0.3, 0.4) is 0 Å². The third-order valence-electron chi connectivity index (χ3n) is 8.35. The lowest BCUT2D eigenvalue weighted by Gasteiger charge is -2.26. The largest absolute Gasteiger partial charge is 0.356 e. The highest BCUT2D eigenvalue weighted by molar-refractivity contribution is 7.14. The summed E-state index contributed by atoms with van der Waals surface area (Å²) in [6.45, 7) is 10.6. The van der Waals surface area contributed by atoms with E-state index in [0.717, 1.165) is 37.9 Å². The third kappa shape index (κ3) is 4.39. The van der Waals surface area contributed by atoms with Crippen LogP contribution in [0.15, 0.2) is 17.5 Å². The molecule has 2 amide bonds. The minimum Gasteiger partial charge on any atom is -0.356 e. The molecule has 0 aromatic carbocycles. The van der Waals surface area contributed by atoms with Gasteiger partial charge in [-0.1, -0.05) is 32.9 Å². The Labute approximate surface area is 201 Å². The molecule has 4 atom stereocenters. The summed E-state index contributed by atoms with van der Waals surface area (Å²) < 4.78 is 0. The predicted octanol–water partition coefficient (Wildman–Crippen LogP) is 4.20. The van der Waals surface area contributed by atoms with Gasteiger partial charge in [0.15, 0.2) is 5.13 Å². The van der Waals surface area contributed by atoms with E-state index >= 15 is 0 Å². The Hall–Kier alpha value is -1.73. The van der Waals surface area contributed by atoms with Crippen molar-refractivity contribution in [1.82, 2.24) is 15.2 Å². The molecule has 1 spiro atoms. The fraction of sp³-hybridized carbons (Fsp3) is 0.731. The summed E-state index contributed by atoms with van der Waals surface area (Å²) >= 11 is 1.47. The van der Waals surface area contributed by atoms with Crippen molar-refractivity contribution in [1.29, 1.82) is 0 Å². The van der Waals surface area contributed by atoms with E-state index in [0.29, 0.717) is 11.7 Å². The Bertz CT molecular complexity index is 923. The van der Waals surface area contributed by atoms with Gasteiger partial charge in [-0.05, 0) is 75.4 Å². The lowest BCUT2D eigenvalue weighted by molar-refractivity contribution is -0.132. The number of likely N-dealkylation sites (tertiary alicyclic amines) is 1. The Balaban J connectivity index is 1.21. The molecule has 4 aliphatic rings. The molecule has 3 aliphatic carbocycles. The smallest absolute Gasteiger partial charge is 0.230 e. The van der Waals surface area contributed by atoms with Gasteiger partial charge < -0.3 is 15.5 Å². The van der Waals surface area contributed by atoms with E-state index in [-0.39, 0.29) is 46.3 Å². The average Bonchev–Trinajstić information content (AvgIpc) is 3.11. The van der Waals surface area contributed by atoms with E-state index in [1.165, 1.54) is 37.3 Å². The van der Waals surface area contributed by atoms with Crippen molar-refractivity contribution in [2.45, 2.75) is 64.7 Å². The number of aromatic nitrogens is 1. The number of amides is 2. The van der Waals surface area contributed by atoms with E-state index in [9.17, 15) is 9.59 Å². The van der Waals surface area contributed by atoms with Crippen molar-refractivity contribution in [3.8, 4) is 0 Å². The van der Waals surface area contributed by atoms with E-state index in [1.54, 1.807) is 0 Å². The molecule has 1 saturated heterocycles. The third-order valence-corrected chi connectivity index (χ3v) is 9.11. The van der Waals surface area contributed by atoms with Crippen molar-refractivity contribution in [2.24, 2.45) is 29.1 Å². The number of carbonyl (C=O) groups is 2. The molecule has 0 unspecified atom stereocenters. The minimum absolute atomic E-state index is 0.0397. The number of unbranched alkanes of at least 4 members (excludes halogenated alkanes) is 1. The topological polar surface area (TPSA) is 74.3 Å². The van der Waals surface area contributed by atoms with Gasteiger partial charge in [-0.15, -0.1) is 11.3 Å². The molecule has 1 aromatic rings. The SMILES string of the molecule is CC(C)(C)c1csc(NC(=O)[C@H]2[C@H](C(=O)NCCCCN3CCCC3)[C@H]3C=C[C@@H]2C32CC2)n1. The van der Waals surface area contributed by atoms with Crippen LogP contribution in [0.5, 0.6) is 0 Å². The molecule has 2 saturated carbocycles. The molecular formula is C26H38N4O2S. The van der Waals surface area contributed by atoms with Gasteiger partial charge in [0.1, 0.15) is 0 Å². The number of hydrogen-bond donors (Lipinski definition) is 2. The van der Waals surface area contributed by atoms with Crippen molar-refractivity contribution < 1.29 is 9.59 Å². The van der Waals surface area contributed by atoms with Crippen LogP contribution >= 0.6 is 11.3 Å². The molecule has 2 heterocycles. The van der Waals surface area contributed by atoms with Crippen molar-refractivity contribution in [3.05, 3.63) is 23.2 Å². The lowest BCUT2D eigenvalue weighted by atomic mass is 9.81. The summed E-state index contributed by atoms with van der Waals surface area (Å²) in [5.41, 5.74) is 1.08. The van der Waals surface area contributed by atoms with Gasteiger partial charge in [0.05, 0.1) is 17.5 Å². The zero-order chi connectivity index (χ0) is 23.2. The second-order valence-electron chi connectivity index (χ2n) is 11.5. The first-order valence-corrected chi connectivity index (χ1v) is 13.6. The highest BCUT2D eigenvalue weighted by Gasteiger charge is 2.69. The summed E-state index contributed by atoms with van der Waals surface area (Å²) in [4.78, 5) is 33.9. The van der Waals surface area contributed by atoms with E-state index < -0.39 is 0 Å². The van der Waals surface area contributed by atoms with Gasteiger partial charge >= 0.3 is 0 Å². The molecule has 2 N–H and O–H groups in total. The number of anilines is 1. The standard InChI is InChI=1S/C26H38N4O2S/c1-25(2,3)19-16-33-24(28-19)29-23(32)21-18-9-8-17(26(18)10-11-26)20(21)22(31)27-12-4-5-13-30-14-6-7-15-30/h8-9,16-18,20-21H,4-7,10-15H2,1-3H3,(H,27,31)(H,28,29,32)/t17-,18+,20-,21-/m1/s1. The van der Waals surface area contributed by atoms with Crippen LogP contribution in [0.4, 0.5) is 5.13 Å². The van der Waals surface area contributed by atoms with Crippen LogP contribution in [0.2, 0.25) is 0 Å². The van der Waals surface area contributed by atoms with Gasteiger partial charge in [0.2, 0.25) is 11.8 Å². The van der Waals surface area contributed by atoms with E-state index in [2.05, 4.69) is 53.4 Å². The van der Waals surface area contributed by atoms with Gasteiger partial charge in [0.25, 0.3) is 0 Å². The van der Waals surface area contributed by atoms with Crippen LogP contribution in [-0.4, -0.2) is 47.9 Å². The first-order chi connectivity index (χ1) is 15.8. The number of carbonyl (C=O) groups excluding carboxylic acids is 2. The van der Waals surface area contributed by atoms with Gasteiger partial charge in [-0.2, -0.15) is 0 Å². The Morgan fingerprint density at radius 1 is 1.09 bits per heavy atom. The van der Waals surface area contributed by atoms with Crippen molar-refractivity contribution >= 4 is 28.3 Å². The van der Waals surface area contributed by atoms with Gasteiger partial charge in [-0.25, -0.2) is 4.98 Å². The highest BCUT2D eigenvalue weighted by Crippen LogP contribution is 2.72. The molecule has 2 bridgehead atoms. The van der Waals surface area contributed by atoms with Crippen LogP contribution < -0.4 is 10.6 Å². The minimum atomic E-state index is -0.297. The fourth-order valence-electron chi connectivity index (χ4n) is 6.37. The molecule has 3 fully saturated rings. The number of nitrogens with zero attached hydrogens (tertiary/aromatic N) is 2.